The molecular weight excluding hydrogens is 256 g/mol. The van der Waals surface area contributed by atoms with Gasteiger partial charge in [-0.15, -0.1) is 0 Å². The Morgan fingerprint density at radius 3 is 2.65 bits per heavy atom. The molecule has 4 heteroatoms. The minimum absolute atomic E-state index is 0.0109. The lowest BCUT2D eigenvalue weighted by molar-refractivity contribution is -0.147. The summed E-state index contributed by atoms with van der Waals surface area (Å²) in [7, 11) is 1.34. The number of ketones is 2. The quantitative estimate of drug-likeness (QED) is 0.573. The maximum atomic E-state index is 12.7. The third-order valence-electron chi connectivity index (χ3n) is 4.82. The first-order valence-corrected chi connectivity index (χ1v) is 6.82. The molecule has 20 heavy (non-hydrogen) atoms. The smallest absolute Gasteiger partial charge is 0.306 e. The van der Waals surface area contributed by atoms with Crippen molar-refractivity contribution in [2.75, 3.05) is 7.11 Å². The Kier molecular flexibility index (Phi) is 3.67. The van der Waals surface area contributed by atoms with E-state index in [9.17, 15) is 14.4 Å². The van der Waals surface area contributed by atoms with E-state index in [0.717, 1.165) is 5.57 Å². The zero-order valence-electron chi connectivity index (χ0n) is 12.4. The Hall–Kier alpha value is -1.71. The molecule has 0 fully saturated rings. The van der Waals surface area contributed by atoms with Crippen LogP contribution >= 0.6 is 0 Å². The van der Waals surface area contributed by atoms with Gasteiger partial charge in [0, 0.05) is 17.3 Å². The second-order valence-electron chi connectivity index (χ2n) is 5.91. The number of rotatable bonds is 2. The number of methoxy groups -OCH3 is 1. The number of allylic oxidation sites excluding steroid dienone is 4. The molecule has 4 nitrogen and oxygen atoms in total. The van der Waals surface area contributed by atoms with Crippen LogP contribution in [-0.2, 0) is 19.1 Å². The van der Waals surface area contributed by atoms with Gasteiger partial charge in [0.2, 0.25) is 0 Å². The maximum absolute atomic E-state index is 12.7. The highest BCUT2D eigenvalue weighted by Crippen LogP contribution is 2.51. The fourth-order valence-corrected chi connectivity index (χ4v) is 3.56. The van der Waals surface area contributed by atoms with Crippen molar-refractivity contribution in [2.45, 2.75) is 33.6 Å². The summed E-state index contributed by atoms with van der Waals surface area (Å²) in [5.41, 5.74) is 0.645. The van der Waals surface area contributed by atoms with Gasteiger partial charge in [-0.25, -0.2) is 0 Å². The van der Waals surface area contributed by atoms with Gasteiger partial charge in [-0.05, 0) is 31.9 Å². The molecule has 2 rings (SSSR count). The lowest BCUT2D eigenvalue weighted by atomic mass is 9.54. The zero-order valence-corrected chi connectivity index (χ0v) is 12.4. The number of carbonyl (C=O) groups is 3. The van der Waals surface area contributed by atoms with Crippen LogP contribution in [0.5, 0.6) is 0 Å². The van der Waals surface area contributed by atoms with E-state index >= 15 is 0 Å². The van der Waals surface area contributed by atoms with Gasteiger partial charge in [-0.1, -0.05) is 18.6 Å². The van der Waals surface area contributed by atoms with Crippen molar-refractivity contribution in [3.63, 3.8) is 0 Å². The van der Waals surface area contributed by atoms with Crippen LogP contribution in [0.15, 0.2) is 23.3 Å². The van der Waals surface area contributed by atoms with E-state index in [1.54, 1.807) is 6.92 Å². The Balaban J connectivity index is 2.49. The Morgan fingerprint density at radius 2 is 2.05 bits per heavy atom. The van der Waals surface area contributed by atoms with Crippen LogP contribution in [0.2, 0.25) is 0 Å². The summed E-state index contributed by atoms with van der Waals surface area (Å²) < 4.78 is 4.74. The zero-order chi connectivity index (χ0) is 15.1. The summed E-state index contributed by atoms with van der Waals surface area (Å²) in [5, 5.41) is 0. The van der Waals surface area contributed by atoms with Crippen LogP contribution in [-0.4, -0.2) is 24.6 Å². The third-order valence-corrected chi connectivity index (χ3v) is 4.82. The minimum Gasteiger partial charge on any atom is -0.469 e. The van der Waals surface area contributed by atoms with E-state index < -0.39 is 5.41 Å². The molecule has 0 saturated heterocycles. The summed E-state index contributed by atoms with van der Waals surface area (Å²) in [6, 6.07) is 0. The van der Waals surface area contributed by atoms with Gasteiger partial charge >= 0.3 is 5.97 Å². The predicted octanol–water partition coefficient (Wildman–Crippen LogP) is 2.24. The Bertz CT molecular complexity index is 541. The first-order chi connectivity index (χ1) is 9.32. The Labute approximate surface area is 118 Å². The summed E-state index contributed by atoms with van der Waals surface area (Å²) >= 11 is 0. The minimum atomic E-state index is -0.830. The molecule has 0 unspecified atom stereocenters. The normalized spacial score (nSPS) is 33.2. The molecule has 0 N–H and O–H groups in total. The fourth-order valence-electron chi connectivity index (χ4n) is 3.56. The van der Waals surface area contributed by atoms with Crippen molar-refractivity contribution in [1.82, 2.24) is 0 Å². The van der Waals surface area contributed by atoms with E-state index in [1.807, 2.05) is 19.9 Å². The number of ether oxygens (including phenoxy) is 1. The maximum Gasteiger partial charge on any atom is 0.306 e. The average Bonchev–Trinajstić information content (AvgIpc) is 2.40. The number of carbonyl (C=O) groups excluding carboxylic acids is 3. The van der Waals surface area contributed by atoms with Crippen molar-refractivity contribution < 1.29 is 19.1 Å². The van der Waals surface area contributed by atoms with E-state index in [2.05, 4.69) is 0 Å². The number of hydrogen-bond donors (Lipinski definition) is 0. The van der Waals surface area contributed by atoms with Crippen molar-refractivity contribution >= 4 is 17.5 Å². The van der Waals surface area contributed by atoms with Gasteiger partial charge in [-0.2, -0.15) is 0 Å². The molecule has 0 aromatic heterocycles. The molecular formula is C16H20O4. The average molecular weight is 276 g/mol. The topological polar surface area (TPSA) is 60.4 Å². The lowest BCUT2D eigenvalue weighted by Crippen LogP contribution is -2.51. The van der Waals surface area contributed by atoms with E-state index in [1.165, 1.54) is 13.2 Å². The van der Waals surface area contributed by atoms with Gasteiger partial charge in [0.05, 0.1) is 13.5 Å². The number of hydrogen-bond acceptors (Lipinski definition) is 4. The monoisotopic (exact) mass is 276 g/mol. The van der Waals surface area contributed by atoms with Gasteiger partial charge in [-0.3, -0.25) is 14.4 Å². The van der Waals surface area contributed by atoms with Gasteiger partial charge in [0.1, 0.15) is 0 Å². The molecule has 2 aliphatic rings. The molecule has 0 aromatic carbocycles. The second-order valence-corrected chi connectivity index (χ2v) is 5.91. The molecule has 0 radical (unpaired) electrons. The molecule has 0 saturated carbocycles. The van der Waals surface area contributed by atoms with E-state index in [-0.39, 0.29) is 35.8 Å². The summed E-state index contributed by atoms with van der Waals surface area (Å²) in [6.07, 6.45) is 4.12. The highest BCUT2D eigenvalue weighted by atomic mass is 16.5. The van der Waals surface area contributed by atoms with Crippen LogP contribution < -0.4 is 0 Å². The lowest BCUT2D eigenvalue weighted by Gasteiger charge is -2.46. The van der Waals surface area contributed by atoms with Crippen molar-refractivity contribution in [2.24, 2.45) is 17.3 Å². The third kappa shape index (κ3) is 2.03. The Morgan fingerprint density at radius 1 is 1.40 bits per heavy atom. The standard InChI is InChI=1S/C16H20O4/c1-9-5-6-11-13(17)7-10(2)15(19)16(11,3)12(9)8-14(18)20-4/h5,7,11-12H,6,8H2,1-4H3/t11-,12+,16-/m1/s1. The first kappa shape index (κ1) is 14.7. The number of fused-ring (bicyclic) bond motifs is 1. The summed E-state index contributed by atoms with van der Waals surface area (Å²) in [5.74, 6) is -1.02. The number of esters is 1. The molecule has 0 heterocycles. The molecule has 0 bridgehead atoms. The van der Waals surface area contributed by atoms with Gasteiger partial charge < -0.3 is 4.74 Å². The SMILES string of the molecule is COC(=O)C[C@H]1C(C)=CC[C@@H]2C(=O)C=C(C)C(=O)[C@]21C. The highest BCUT2D eigenvalue weighted by Gasteiger charge is 2.54. The van der Waals surface area contributed by atoms with Gasteiger partial charge in [0.15, 0.2) is 11.6 Å². The largest absolute Gasteiger partial charge is 0.469 e. The van der Waals surface area contributed by atoms with Crippen LogP contribution in [0, 0.1) is 17.3 Å². The van der Waals surface area contributed by atoms with Crippen molar-refractivity contribution in [3.05, 3.63) is 23.3 Å². The van der Waals surface area contributed by atoms with Crippen molar-refractivity contribution in [3.8, 4) is 0 Å². The second kappa shape index (κ2) is 5.00. The fraction of sp³-hybridized carbons (Fsp3) is 0.562. The molecule has 0 aliphatic heterocycles. The van der Waals surface area contributed by atoms with Crippen LogP contribution in [0.25, 0.3) is 0 Å². The predicted molar refractivity (Wildman–Crippen MR) is 73.9 cm³/mol. The van der Waals surface area contributed by atoms with E-state index in [4.69, 9.17) is 4.74 Å². The highest BCUT2D eigenvalue weighted by molar-refractivity contribution is 6.12. The molecule has 0 aromatic rings. The summed E-state index contributed by atoms with van der Waals surface area (Å²) in [6.45, 7) is 5.41. The van der Waals surface area contributed by atoms with Crippen LogP contribution in [0.3, 0.4) is 0 Å². The van der Waals surface area contributed by atoms with Crippen LogP contribution in [0.4, 0.5) is 0 Å². The molecule has 2 aliphatic carbocycles. The van der Waals surface area contributed by atoms with Crippen LogP contribution in [0.1, 0.15) is 33.6 Å². The van der Waals surface area contributed by atoms with Gasteiger partial charge in [0.25, 0.3) is 0 Å². The number of Topliss-reactive ketones (excluding diaryl/α,β-unsaturated/α-hetero) is 1. The molecule has 0 spiro atoms. The molecule has 0 amide bonds. The molecule has 108 valence electrons. The molecule has 3 atom stereocenters. The van der Waals surface area contributed by atoms with E-state index in [0.29, 0.717) is 12.0 Å². The summed E-state index contributed by atoms with van der Waals surface area (Å²) in [4.78, 5) is 36.5. The first-order valence-electron chi connectivity index (χ1n) is 6.82. The van der Waals surface area contributed by atoms with Crippen molar-refractivity contribution in [1.29, 1.82) is 0 Å².